The fourth-order valence-corrected chi connectivity index (χ4v) is 6.60. The van der Waals surface area contributed by atoms with Crippen LogP contribution in [0.25, 0.3) is 0 Å². The summed E-state index contributed by atoms with van der Waals surface area (Å²) in [6.07, 6.45) is 10.9. The molecule has 1 aliphatic heterocycles. The van der Waals surface area contributed by atoms with E-state index in [1.165, 1.54) is 6.42 Å². The summed E-state index contributed by atoms with van der Waals surface area (Å²) in [5.41, 5.74) is 3.39. The van der Waals surface area contributed by atoms with Crippen LogP contribution in [0.2, 0.25) is 37.8 Å². The molecule has 1 heterocycles. The van der Waals surface area contributed by atoms with Crippen LogP contribution in [0.5, 0.6) is 0 Å². The van der Waals surface area contributed by atoms with Gasteiger partial charge in [-0.1, -0.05) is 70.7 Å². The van der Waals surface area contributed by atoms with E-state index in [1.807, 2.05) is 12.2 Å². The van der Waals surface area contributed by atoms with Gasteiger partial charge in [-0.25, -0.2) is 0 Å². The second-order valence-corrected chi connectivity index (χ2v) is 22.1. The molecular weight excluding hydrogens is 456 g/mol. The van der Waals surface area contributed by atoms with Crippen LogP contribution in [0.1, 0.15) is 59.3 Å². The summed E-state index contributed by atoms with van der Waals surface area (Å²) in [6.45, 7) is 17.9. The van der Waals surface area contributed by atoms with Gasteiger partial charge in [0, 0.05) is 19.3 Å². The second kappa shape index (κ2) is 10.1. The van der Waals surface area contributed by atoms with Gasteiger partial charge >= 0.3 is 0 Å². The van der Waals surface area contributed by atoms with Gasteiger partial charge in [0.05, 0.1) is 6.61 Å². The molecule has 0 bridgehead atoms. The normalized spacial score (nSPS) is 29.1. The number of hydrogen-bond acceptors (Lipinski definition) is 4. The lowest BCUT2D eigenvalue weighted by Gasteiger charge is -2.47. The van der Waals surface area contributed by atoms with Crippen LogP contribution >= 0.6 is 0 Å². The highest BCUT2D eigenvalue weighted by Gasteiger charge is 2.60. The van der Waals surface area contributed by atoms with Crippen LogP contribution in [-0.2, 0) is 13.9 Å². The molecule has 0 aromatic heterocycles. The van der Waals surface area contributed by atoms with Gasteiger partial charge in [0.1, 0.15) is 20.3 Å². The van der Waals surface area contributed by atoms with E-state index >= 15 is 0 Å². The zero-order valence-electron chi connectivity index (χ0n) is 22.5. The Morgan fingerprint density at radius 1 is 1.06 bits per heavy atom. The van der Waals surface area contributed by atoms with Crippen molar-refractivity contribution in [1.82, 2.24) is 0 Å². The van der Waals surface area contributed by atoms with Crippen molar-refractivity contribution < 1.29 is 19.0 Å². The third kappa shape index (κ3) is 6.35. The summed E-state index contributed by atoms with van der Waals surface area (Å²) in [5.74, 6) is 9.31. The molecule has 0 aromatic carbocycles. The molecular formula is C28H44O4Si2. The van der Waals surface area contributed by atoms with E-state index < -0.39 is 27.8 Å². The molecule has 1 saturated heterocycles. The van der Waals surface area contributed by atoms with Crippen molar-refractivity contribution in [3.8, 4) is 23.3 Å². The smallest absolute Gasteiger partial charge is 0.194 e. The highest BCUT2D eigenvalue weighted by atomic mass is 28.4. The first-order valence-electron chi connectivity index (χ1n) is 12.8. The first-order chi connectivity index (χ1) is 15.7. The lowest BCUT2D eigenvalue weighted by atomic mass is 9.81. The third-order valence-corrected chi connectivity index (χ3v) is 12.8. The second-order valence-electron chi connectivity index (χ2n) is 12.6. The van der Waals surface area contributed by atoms with E-state index in [0.29, 0.717) is 6.42 Å². The van der Waals surface area contributed by atoms with Crippen molar-refractivity contribution in [2.24, 2.45) is 0 Å². The summed E-state index contributed by atoms with van der Waals surface area (Å²) in [5, 5.41) is 10.1. The van der Waals surface area contributed by atoms with Crippen LogP contribution in [0.4, 0.5) is 0 Å². The highest BCUT2D eigenvalue weighted by molar-refractivity contribution is 6.83. The summed E-state index contributed by atoms with van der Waals surface area (Å²) >= 11 is 0. The molecule has 3 aliphatic rings. The Kier molecular flexibility index (Phi) is 8.15. The van der Waals surface area contributed by atoms with Gasteiger partial charge in [-0.05, 0) is 48.7 Å². The standard InChI is InChI=1S/C28H44O4Si2/c1-26(2,3)34(7,8)32-27(16-12-9-10-15-19-33(4,5)6)21-23(22-29)20-24-25(27)31-28(30-24)17-13-11-14-18-28/h9-10,20,24-25,29H,11,13-14,17-18,21-22H2,1-8H3/b10-9-/t24-,25-,27+/m1/s1. The molecule has 0 radical (unpaired) electrons. The van der Waals surface area contributed by atoms with Crippen LogP contribution in [-0.4, -0.2) is 51.7 Å². The van der Waals surface area contributed by atoms with Gasteiger partial charge in [0.15, 0.2) is 19.7 Å². The fourth-order valence-electron chi connectivity index (χ4n) is 4.63. The average molecular weight is 501 g/mol. The zero-order chi connectivity index (χ0) is 25.3. The van der Waals surface area contributed by atoms with E-state index in [9.17, 15) is 5.11 Å². The summed E-state index contributed by atoms with van der Waals surface area (Å²) in [7, 11) is -3.64. The molecule has 34 heavy (non-hydrogen) atoms. The molecule has 3 atom stereocenters. The summed E-state index contributed by atoms with van der Waals surface area (Å²) in [4.78, 5) is 0. The quantitative estimate of drug-likeness (QED) is 0.295. The van der Waals surface area contributed by atoms with Crippen LogP contribution in [0, 0.1) is 23.3 Å². The minimum absolute atomic E-state index is 0.0123. The van der Waals surface area contributed by atoms with Crippen molar-refractivity contribution in [2.45, 2.75) is 121 Å². The molecule has 1 N–H and O–H groups in total. The SMILES string of the molecule is CC(C)(C)[Si](C)(C)O[C@@]1(C#C/C=C\C#C[Si](C)(C)C)CC(CO)=C[C@H]2OC3(CCCCC3)O[C@H]21. The Labute approximate surface area is 209 Å². The lowest BCUT2D eigenvalue weighted by Crippen LogP contribution is -2.58. The third-order valence-electron chi connectivity index (χ3n) is 7.38. The lowest BCUT2D eigenvalue weighted by molar-refractivity contribution is -0.201. The topological polar surface area (TPSA) is 47.9 Å². The molecule has 2 aliphatic carbocycles. The number of aliphatic hydroxyl groups is 1. The predicted molar refractivity (Wildman–Crippen MR) is 144 cm³/mol. The van der Waals surface area contributed by atoms with Gasteiger partial charge in [-0.15, -0.1) is 5.54 Å². The molecule has 0 unspecified atom stereocenters. The molecule has 1 saturated carbocycles. The van der Waals surface area contributed by atoms with Crippen LogP contribution in [0.3, 0.4) is 0 Å². The number of fused-ring (bicyclic) bond motifs is 1. The Morgan fingerprint density at radius 2 is 1.71 bits per heavy atom. The van der Waals surface area contributed by atoms with Crippen molar-refractivity contribution >= 4 is 16.4 Å². The first kappa shape index (κ1) is 27.5. The Morgan fingerprint density at radius 3 is 2.29 bits per heavy atom. The number of hydrogen-bond donors (Lipinski definition) is 1. The van der Waals surface area contributed by atoms with Crippen molar-refractivity contribution in [2.75, 3.05) is 6.61 Å². The van der Waals surface area contributed by atoms with E-state index in [4.69, 9.17) is 13.9 Å². The molecule has 2 fully saturated rings. The molecule has 4 nitrogen and oxygen atoms in total. The minimum Gasteiger partial charge on any atom is -0.398 e. The number of aliphatic hydroxyl groups excluding tert-OH is 1. The van der Waals surface area contributed by atoms with E-state index in [1.54, 1.807) is 0 Å². The van der Waals surface area contributed by atoms with Gasteiger partial charge < -0.3 is 19.0 Å². The summed E-state index contributed by atoms with van der Waals surface area (Å²) in [6, 6.07) is 0. The Hall–Kier alpha value is -1.13. The molecule has 188 valence electrons. The molecule has 1 spiro atoms. The van der Waals surface area contributed by atoms with Crippen molar-refractivity contribution in [3.63, 3.8) is 0 Å². The maximum absolute atomic E-state index is 10.1. The minimum atomic E-state index is -2.22. The number of rotatable bonds is 3. The maximum atomic E-state index is 10.1. The van der Waals surface area contributed by atoms with E-state index in [-0.39, 0.29) is 23.9 Å². The molecule has 0 amide bonds. The highest BCUT2D eigenvalue weighted by Crippen LogP contribution is 2.50. The van der Waals surface area contributed by atoms with E-state index in [0.717, 1.165) is 31.3 Å². The Bertz CT molecular complexity index is 924. The number of allylic oxidation sites excluding steroid dienone is 2. The van der Waals surface area contributed by atoms with Crippen molar-refractivity contribution in [1.29, 1.82) is 0 Å². The average Bonchev–Trinajstić information content (AvgIpc) is 3.07. The monoisotopic (exact) mass is 500 g/mol. The van der Waals surface area contributed by atoms with Crippen LogP contribution in [0.15, 0.2) is 23.8 Å². The van der Waals surface area contributed by atoms with E-state index in [2.05, 4.69) is 82.9 Å². The maximum Gasteiger partial charge on any atom is 0.194 e. The van der Waals surface area contributed by atoms with Gasteiger partial charge in [0.2, 0.25) is 0 Å². The fraction of sp³-hybridized carbons (Fsp3) is 0.714. The largest absolute Gasteiger partial charge is 0.398 e. The zero-order valence-corrected chi connectivity index (χ0v) is 24.5. The van der Waals surface area contributed by atoms with Gasteiger partial charge in [-0.3, -0.25) is 0 Å². The summed E-state index contributed by atoms with van der Waals surface area (Å²) < 4.78 is 20.5. The predicted octanol–water partition coefficient (Wildman–Crippen LogP) is 5.95. The first-order valence-corrected chi connectivity index (χ1v) is 19.2. The molecule has 0 aromatic rings. The van der Waals surface area contributed by atoms with Crippen LogP contribution < -0.4 is 0 Å². The van der Waals surface area contributed by atoms with Gasteiger partial charge in [0.25, 0.3) is 0 Å². The molecule has 3 rings (SSSR count). The van der Waals surface area contributed by atoms with Crippen molar-refractivity contribution in [3.05, 3.63) is 23.8 Å². The number of ether oxygens (including phenoxy) is 2. The van der Waals surface area contributed by atoms with Gasteiger partial charge in [-0.2, -0.15) is 0 Å². The molecule has 6 heteroatoms. The Balaban J connectivity index is 2.02.